The van der Waals surface area contributed by atoms with E-state index in [1.54, 1.807) is 0 Å². The molecule has 0 fully saturated rings. The number of hydrogen-bond acceptors (Lipinski definition) is 2. The fraction of sp³-hybridized carbons (Fsp3) is 1.00. The minimum atomic E-state index is 0.663. The molecule has 2 nitrogen and oxygen atoms in total. The molecule has 1 unspecified atom stereocenters. The zero-order chi connectivity index (χ0) is 11.8. The maximum Gasteiger partial charge on any atom is 0.00870 e. The third kappa shape index (κ3) is 6.16. The summed E-state index contributed by atoms with van der Waals surface area (Å²) in [4.78, 5) is 2.49. The van der Waals surface area contributed by atoms with Crippen molar-refractivity contribution in [3.05, 3.63) is 0 Å². The van der Waals surface area contributed by atoms with E-state index < -0.39 is 0 Å². The zero-order valence-corrected chi connectivity index (χ0v) is 11.3. The Kier molecular flexibility index (Phi) is 8.07. The van der Waals surface area contributed by atoms with Crippen LogP contribution in [0.2, 0.25) is 0 Å². The lowest BCUT2D eigenvalue weighted by Crippen LogP contribution is -2.37. The predicted molar refractivity (Wildman–Crippen MR) is 69.0 cm³/mol. The Hall–Kier alpha value is -0.0800. The van der Waals surface area contributed by atoms with Gasteiger partial charge in [0, 0.05) is 12.6 Å². The molecule has 2 heteroatoms. The highest BCUT2D eigenvalue weighted by atomic mass is 15.1. The quantitative estimate of drug-likeness (QED) is 0.673. The Morgan fingerprint density at radius 2 is 1.67 bits per heavy atom. The lowest BCUT2D eigenvalue weighted by atomic mass is 9.96. The van der Waals surface area contributed by atoms with Gasteiger partial charge in [-0.3, -0.25) is 0 Å². The monoisotopic (exact) mass is 214 g/mol. The second kappa shape index (κ2) is 8.12. The predicted octanol–water partition coefficient (Wildman–Crippen LogP) is 2.73. The molecule has 0 bridgehead atoms. The molecule has 0 saturated heterocycles. The maximum absolute atomic E-state index is 5.83. The summed E-state index contributed by atoms with van der Waals surface area (Å²) in [5.74, 6) is 1.42. The SMILES string of the molecule is CCC(CC)N(C)CC(CN)CC(C)C. The summed E-state index contributed by atoms with van der Waals surface area (Å²) in [6, 6.07) is 0.728. The summed E-state index contributed by atoms with van der Waals surface area (Å²) in [5, 5.41) is 0. The first kappa shape index (κ1) is 14.9. The second-order valence-electron chi connectivity index (χ2n) is 5.14. The molecule has 0 heterocycles. The molecular formula is C13H30N2. The Morgan fingerprint density at radius 1 is 1.13 bits per heavy atom. The minimum Gasteiger partial charge on any atom is -0.330 e. The van der Waals surface area contributed by atoms with Gasteiger partial charge in [0.2, 0.25) is 0 Å². The van der Waals surface area contributed by atoms with Crippen LogP contribution in [0.25, 0.3) is 0 Å². The zero-order valence-electron chi connectivity index (χ0n) is 11.3. The van der Waals surface area contributed by atoms with Gasteiger partial charge in [0.1, 0.15) is 0 Å². The Balaban J connectivity index is 4.04. The molecule has 2 N–H and O–H groups in total. The number of nitrogens with zero attached hydrogens (tertiary/aromatic N) is 1. The Labute approximate surface area is 96.2 Å². The van der Waals surface area contributed by atoms with Crippen molar-refractivity contribution in [1.29, 1.82) is 0 Å². The van der Waals surface area contributed by atoms with E-state index in [4.69, 9.17) is 5.73 Å². The normalized spacial score (nSPS) is 14.2. The van der Waals surface area contributed by atoms with Crippen LogP contribution in [-0.4, -0.2) is 31.1 Å². The van der Waals surface area contributed by atoms with Crippen LogP contribution < -0.4 is 5.73 Å². The molecule has 0 rings (SSSR count). The molecule has 0 saturated carbocycles. The van der Waals surface area contributed by atoms with Crippen LogP contribution >= 0.6 is 0 Å². The number of hydrogen-bond donors (Lipinski definition) is 1. The van der Waals surface area contributed by atoms with Crippen molar-refractivity contribution in [1.82, 2.24) is 4.90 Å². The van der Waals surface area contributed by atoms with E-state index in [1.165, 1.54) is 19.3 Å². The lowest BCUT2D eigenvalue weighted by molar-refractivity contribution is 0.186. The molecule has 0 spiro atoms. The van der Waals surface area contributed by atoms with Crippen molar-refractivity contribution in [3.63, 3.8) is 0 Å². The van der Waals surface area contributed by atoms with Gasteiger partial charge in [-0.25, -0.2) is 0 Å². The van der Waals surface area contributed by atoms with Gasteiger partial charge in [0.15, 0.2) is 0 Å². The van der Waals surface area contributed by atoms with Crippen molar-refractivity contribution in [2.45, 2.75) is 53.0 Å². The van der Waals surface area contributed by atoms with Crippen LogP contribution in [-0.2, 0) is 0 Å². The number of nitrogens with two attached hydrogens (primary N) is 1. The van der Waals surface area contributed by atoms with Crippen molar-refractivity contribution in [2.75, 3.05) is 20.1 Å². The van der Waals surface area contributed by atoms with E-state index in [0.29, 0.717) is 5.92 Å². The van der Waals surface area contributed by atoms with Gasteiger partial charge < -0.3 is 10.6 Å². The summed E-state index contributed by atoms with van der Waals surface area (Å²) >= 11 is 0. The van der Waals surface area contributed by atoms with Crippen molar-refractivity contribution < 1.29 is 0 Å². The molecule has 0 radical (unpaired) electrons. The maximum atomic E-state index is 5.83. The van der Waals surface area contributed by atoms with E-state index in [-0.39, 0.29) is 0 Å². The number of rotatable bonds is 8. The summed E-state index contributed by atoms with van der Waals surface area (Å²) in [5.41, 5.74) is 5.83. The van der Waals surface area contributed by atoms with Gasteiger partial charge in [0.05, 0.1) is 0 Å². The van der Waals surface area contributed by atoms with Gasteiger partial charge in [-0.2, -0.15) is 0 Å². The van der Waals surface area contributed by atoms with E-state index in [2.05, 4.69) is 39.6 Å². The Morgan fingerprint density at radius 3 is 2.00 bits per heavy atom. The van der Waals surface area contributed by atoms with E-state index in [9.17, 15) is 0 Å². The third-order valence-corrected chi connectivity index (χ3v) is 3.25. The summed E-state index contributed by atoms with van der Waals surface area (Å²) < 4.78 is 0. The van der Waals surface area contributed by atoms with Crippen LogP contribution in [0, 0.1) is 11.8 Å². The van der Waals surface area contributed by atoms with Crippen LogP contribution in [0.5, 0.6) is 0 Å². The van der Waals surface area contributed by atoms with E-state index in [0.717, 1.165) is 25.0 Å². The summed E-state index contributed by atoms with van der Waals surface area (Å²) in [6.45, 7) is 11.1. The molecule has 0 aliphatic heterocycles. The van der Waals surface area contributed by atoms with Crippen molar-refractivity contribution in [3.8, 4) is 0 Å². The van der Waals surface area contributed by atoms with Gasteiger partial charge in [0.25, 0.3) is 0 Å². The molecule has 15 heavy (non-hydrogen) atoms. The molecule has 0 aromatic rings. The molecule has 0 aromatic carbocycles. The Bertz CT molecular complexity index is 141. The minimum absolute atomic E-state index is 0.663. The van der Waals surface area contributed by atoms with Crippen LogP contribution in [0.1, 0.15) is 47.0 Å². The van der Waals surface area contributed by atoms with E-state index >= 15 is 0 Å². The van der Waals surface area contributed by atoms with Gasteiger partial charge in [-0.1, -0.05) is 27.7 Å². The van der Waals surface area contributed by atoms with E-state index in [1.807, 2.05) is 0 Å². The molecule has 0 aromatic heterocycles. The summed E-state index contributed by atoms with van der Waals surface area (Å²) in [6.07, 6.45) is 3.74. The average molecular weight is 214 g/mol. The fourth-order valence-corrected chi connectivity index (χ4v) is 2.38. The van der Waals surface area contributed by atoms with Gasteiger partial charge in [-0.15, -0.1) is 0 Å². The van der Waals surface area contributed by atoms with Crippen LogP contribution in [0.15, 0.2) is 0 Å². The highest BCUT2D eigenvalue weighted by Crippen LogP contribution is 2.14. The van der Waals surface area contributed by atoms with Crippen molar-refractivity contribution in [2.24, 2.45) is 17.6 Å². The first-order valence-electron chi connectivity index (χ1n) is 6.45. The standard InChI is InChI=1S/C13H30N2/c1-6-13(7-2)15(5)10-12(9-14)8-11(3)4/h11-13H,6-10,14H2,1-5H3. The fourth-order valence-electron chi connectivity index (χ4n) is 2.38. The van der Waals surface area contributed by atoms with Gasteiger partial charge in [-0.05, 0) is 44.7 Å². The van der Waals surface area contributed by atoms with Crippen LogP contribution in [0.3, 0.4) is 0 Å². The first-order chi connectivity index (χ1) is 7.04. The first-order valence-corrected chi connectivity index (χ1v) is 6.45. The molecule has 0 aliphatic rings. The second-order valence-corrected chi connectivity index (χ2v) is 5.14. The lowest BCUT2D eigenvalue weighted by Gasteiger charge is -2.30. The molecule has 1 atom stereocenters. The topological polar surface area (TPSA) is 29.3 Å². The highest BCUT2D eigenvalue weighted by Gasteiger charge is 2.16. The molecular weight excluding hydrogens is 184 g/mol. The van der Waals surface area contributed by atoms with Gasteiger partial charge >= 0.3 is 0 Å². The third-order valence-electron chi connectivity index (χ3n) is 3.25. The van der Waals surface area contributed by atoms with Crippen LogP contribution in [0.4, 0.5) is 0 Å². The van der Waals surface area contributed by atoms with Crippen molar-refractivity contribution >= 4 is 0 Å². The largest absolute Gasteiger partial charge is 0.330 e. The highest BCUT2D eigenvalue weighted by molar-refractivity contribution is 4.71. The average Bonchev–Trinajstić information content (AvgIpc) is 2.17. The molecule has 0 amide bonds. The molecule has 92 valence electrons. The summed E-state index contributed by atoms with van der Waals surface area (Å²) in [7, 11) is 2.24. The smallest absolute Gasteiger partial charge is 0.00870 e. The molecule has 0 aliphatic carbocycles.